The van der Waals surface area contributed by atoms with Gasteiger partial charge in [-0.15, -0.1) is 5.10 Å². The number of aromatic nitrogens is 6. The van der Waals surface area contributed by atoms with Gasteiger partial charge in [0.25, 0.3) is 5.89 Å². The van der Waals surface area contributed by atoms with Gasteiger partial charge in [-0.1, -0.05) is 23.4 Å². The smallest absolute Gasteiger partial charge is 0.338 e. The van der Waals surface area contributed by atoms with Gasteiger partial charge in [0.15, 0.2) is 6.61 Å². The molecule has 0 aliphatic rings. The second kappa shape index (κ2) is 8.30. The van der Waals surface area contributed by atoms with E-state index in [1.807, 2.05) is 31.2 Å². The summed E-state index contributed by atoms with van der Waals surface area (Å²) in [5, 5.41) is 14.9. The van der Waals surface area contributed by atoms with Gasteiger partial charge >= 0.3 is 5.97 Å². The van der Waals surface area contributed by atoms with Crippen LogP contribution in [0.3, 0.4) is 0 Å². The molecule has 10 heteroatoms. The third kappa shape index (κ3) is 4.10. The summed E-state index contributed by atoms with van der Waals surface area (Å²) in [6, 6.07) is 14.1. The highest BCUT2D eigenvalue weighted by molar-refractivity contribution is 5.90. The second-order valence-electron chi connectivity index (χ2n) is 5.82. The van der Waals surface area contributed by atoms with Crippen LogP contribution in [0.1, 0.15) is 23.2 Å². The Morgan fingerprint density at radius 1 is 1.17 bits per heavy atom. The highest BCUT2D eigenvalue weighted by Crippen LogP contribution is 2.27. The lowest BCUT2D eigenvalue weighted by Gasteiger charge is -2.06. The molecule has 29 heavy (non-hydrogen) atoms. The zero-order chi connectivity index (χ0) is 20.1. The van der Waals surface area contributed by atoms with Crippen molar-refractivity contribution in [2.24, 2.45) is 0 Å². The van der Waals surface area contributed by atoms with Crippen LogP contribution in [0.2, 0.25) is 0 Å². The number of benzene rings is 2. The first-order valence-electron chi connectivity index (χ1n) is 8.80. The average molecular weight is 392 g/mol. The molecule has 0 fully saturated rings. The molecule has 4 aromatic rings. The molecule has 0 amide bonds. The molecule has 2 heterocycles. The number of rotatable bonds is 7. The standard InChI is InChI=1S/C19H16N6O4/c1-2-27-16-9-4-3-8-15(16)18-21-17(29-22-18)11-28-19(26)13-6-5-7-14(10-13)25-12-20-23-24-25/h3-10,12H,2,11H2,1H3. The van der Waals surface area contributed by atoms with Crippen LogP contribution in [0.25, 0.3) is 17.1 Å². The van der Waals surface area contributed by atoms with E-state index in [0.717, 1.165) is 0 Å². The largest absolute Gasteiger partial charge is 0.493 e. The van der Waals surface area contributed by atoms with Crippen LogP contribution in [0.15, 0.2) is 59.4 Å². The molecule has 0 saturated carbocycles. The Kier molecular flexibility index (Phi) is 5.23. The molecule has 0 saturated heterocycles. The summed E-state index contributed by atoms with van der Waals surface area (Å²) in [5.74, 6) is 0.658. The maximum Gasteiger partial charge on any atom is 0.338 e. The molecule has 0 bridgehead atoms. The first-order valence-corrected chi connectivity index (χ1v) is 8.80. The van der Waals surface area contributed by atoms with E-state index in [9.17, 15) is 4.79 Å². The monoisotopic (exact) mass is 392 g/mol. The van der Waals surface area contributed by atoms with E-state index >= 15 is 0 Å². The summed E-state index contributed by atoms with van der Waals surface area (Å²) < 4.78 is 17.5. The van der Waals surface area contributed by atoms with Crippen molar-refractivity contribution in [3.8, 4) is 22.8 Å². The molecule has 0 radical (unpaired) electrons. The number of para-hydroxylation sites is 1. The highest BCUT2D eigenvalue weighted by atomic mass is 16.6. The Bertz CT molecular complexity index is 1110. The molecule has 10 nitrogen and oxygen atoms in total. The van der Waals surface area contributed by atoms with Crippen molar-refractivity contribution in [3.05, 3.63) is 66.3 Å². The van der Waals surface area contributed by atoms with Gasteiger partial charge in [-0.05, 0) is 47.7 Å². The molecule has 0 aliphatic carbocycles. The molecule has 0 atom stereocenters. The molecule has 146 valence electrons. The van der Waals surface area contributed by atoms with Gasteiger partial charge < -0.3 is 14.0 Å². The minimum atomic E-state index is -0.533. The lowest BCUT2D eigenvalue weighted by atomic mass is 10.2. The Balaban J connectivity index is 1.44. The van der Waals surface area contributed by atoms with Gasteiger partial charge in [-0.3, -0.25) is 0 Å². The fourth-order valence-corrected chi connectivity index (χ4v) is 2.62. The number of carbonyl (C=O) groups is 1. The van der Waals surface area contributed by atoms with Crippen molar-refractivity contribution in [2.45, 2.75) is 13.5 Å². The number of carbonyl (C=O) groups excluding carboxylic acids is 1. The molecule has 0 unspecified atom stereocenters. The predicted octanol–water partition coefficient (Wildman–Crippen LogP) is 2.47. The first kappa shape index (κ1) is 18.3. The van der Waals surface area contributed by atoms with Crippen LogP contribution in [0.4, 0.5) is 0 Å². The van der Waals surface area contributed by atoms with Crippen LogP contribution >= 0.6 is 0 Å². The molecule has 0 aliphatic heterocycles. The summed E-state index contributed by atoms with van der Waals surface area (Å²) in [5.41, 5.74) is 1.68. The van der Waals surface area contributed by atoms with Crippen molar-refractivity contribution in [1.82, 2.24) is 30.3 Å². The molecular formula is C19H16N6O4. The van der Waals surface area contributed by atoms with E-state index in [4.69, 9.17) is 14.0 Å². The molecule has 0 spiro atoms. The Hall–Kier alpha value is -4.08. The van der Waals surface area contributed by atoms with E-state index in [2.05, 4.69) is 25.7 Å². The predicted molar refractivity (Wildman–Crippen MR) is 99.2 cm³/mol. The fourth-order valence-electron chi connectivity index (χ4n) is 2.62. The minimum Gasteiger partial charge on any atom is -0.493 e. The minimum absolute atomic E-state index is 0.155. The molecule has 2 aromatic heterocycles. The van der Waals surface area contributed by atoms with E-state index in [0.29, 0.717) is 35.0 Å². The summed E-state index contributed by atoms with van der Waals surface area (Å²) in [7, 11) is 0. The number of ether oxygens (including phenoxy) is 2. The molecule has 0 N–H and O–H groups in total. The maximum atomic E-state index is 12.4. The van der Waals surface area contributed by atoms with Crippen LogP contribution in [0.5, 0.6) is 5.75 Å². The summed E-state index contributed by atoms with van der Waals surface area (Å²) in [6.45, 7) is 2.26. The zero-order valence-corrected chi connectivity index (χ0v) is 15.4. The Morgan fingerprint density at radius 3 is 2.90 bits per heavy atom. The summed E-state index contributed by atoms with van der Waals surface area (Å²) in [6.07, 6.45) is 1.44. The fraction of sp³-hybridized carbons (Fsp3) is 0.158. The van der Waals surface area contributed by atoms with Gasteiger partial charge in [0.1, 0.15) is 12.1 Å². The summed E-state index contributed by atoms with van der Waals surface area (Å²) >= 11 is 0. The second-order valence-corrected chi connectivity index (χ2v) is 5.82. The number of hydrogen-bond donors (Lipinski definition) is 0. The van der Waals surface area contributed by atoms with Crippen molar-refractivity contribution in [1.29, 1.82) is 0 Å². The first-order chi connectivity index (χ1) is 14.2. The van der Waals surface area contributed by atoms with Crippen LogP contribution < -0.4 is 4.74 Å². The SMILES string of the molecule is CCOc1ccccc1-c1noc(COC(=O)c2cccc(-n3cnnn3)c2)n1. The van der Waals surface area contributed by atoms with E-state index in [1.165, 1.54) is 11.0 Å². The van der Waals surface area contributed by atoms with Crippen molar-refractivity contribution in [3.63, 3.8) is 0 Å². The molecular weight excluding hydrogens is 376 g/mol. The summed E-state index contributed by atoms with van der Waals surface area (Å²) in [4.78, 5) is 16.6. The van der Waals surface area contributed by atoms with E-state index < -0.39 is 5.97 Å². The van der Waals surface area contributed by atoms with Crippen molar-refractivity contribution < 1.29 is 18.8 Å². The van der Waals surface area contributed by atoms with E-state index in [-0.39, 0.29) is 12.5 Å². The average Bonchev–Trinajstić information content (AvgIpc) is 3.45. The van der Waals surface area contributed by atoms with Gasteiger partial charge in [-0.2, -0.15) is 4.98 Å². The third-order valence-electron chi connectivity index (χ3n) is 3.92. The number of tetrazole rings is 1. The number of hydrogen-bond acceptors (Lipinski definition) is 9. The van der Waals surface area contributed by atoms with Crippen molar-refractivity contribution >= 4 is 5.97 Å². The molecule has 4 rings (SSSR count). The van der Waals surface area contributed by atoms with E-state index in [1.54, 1.807) is 24.3 Å². The lowest BCUT2D eigenvalue weighted by Crippen LogP contribution is -2.06. The third-order valence-corrected chi connectivity index (χ3v) is 3.92. The lowest BCUT2D eigenvalue weighted by molar-refractivity contribution is 0.0430. The quantitative estimate of drug-likeness (QED) is 0.437. The molecule has 2 aromatic carbocycles. The zero-order valence-electron chi connectivity index (χ0n) is 15.4. The van der Waals surface area contributed by atoms with Gasteiger partial charge in [-0.25, -0.2) is 9.48 Å². The highest BCUT2D eigenvalue weighted by Gasteiger charge is 2.15. The topological polar surface area (TPSA) is 118 Å². The number of nitrogens with zero attached hydrogens (tertiary/aromatic N) is 6. The van der Waals surface area contributed by atoms with Crippen LogP contribution in [-0.4, -0.2) is 42.9 Å². The normalized spacial score (nSPS) is 10.7. The van der Waals surface area contributed by atoms with Gasteiger partial charge in [0, 0.05) is 0 Å². The number of esters is 1. The Labute approximate surface area is 165 Å². The van der Waals surface area contributed by atoms with Crippen LogP contribution in [-0.2, 0) is 11.3 Å². The van der Waals surface area contributed by atoms with Gasteiger partial charge in [0.05, 0.1) is 23.4 Å². The maximum absolute atomic E-state index is 12.4. The van der Waals surface area contributed by atoms with Gasteiger partial charge in [0.2, 0.25) is 5.82 Å². The Morgan fingerprint density at radius 2 is 2.07 bits per heavy atom. The van der Waals surface area contributed by atoms with Crippen molar-refractivity contribution in [2.75, 3.05) is 6.61 Å². The van der Waals surface area contributed by atoms with Crippen LogP contribution in [0, 0.1) is 0 Å².